The molecule has 0 aromatic carbocycles. The van der Waals surface area contributed by atoms with Crippen molar-refractivity contribution in [3.8, 4) is 10.8 Å². The maximum absolute atomic E-state index is 4.69. The summed E-state index contributed by atoms with van der Waals surface area (Å²) in [7, 11) is 1.94. The molecule has 0 saturated heterocycles. The van der Waals surface area contributed by atoms with Gasteiger partial charge in [0.2, 0.25) is 0 Å². The van der Waals surface area contributed by atoms with E-state index in [2.05, 4.69) is 40.1 Å². The van der Waals surface area contributed by atoms with Crippen molar-refractivity contribution >= 4 is 11.3 Å². The van der Waals surface area contributed by atoms with E-state index in [0.717, 1.165) is 29.5 Å². The van der Waals surface area contributed by atoms with Gasteiger partial charge in [-0.1, -0.05) is 13.8 Å². The Hall–Kier alpha value is -1.95. The summed E-state index contributed by atoms with van der Waals surface area (Å²) in [6.07, 6.45) is 8.77. The minimum Gasteiger partial charge on any atom is -0.329 e. The van der Waals surface area contributed by atoms with Crippen LogP contribution in [0.3, 0.4) is 0 Å². The highest BCUT2D eigenvalue weighted by Crippen LogP contribution is 2.25. The molecule has 0 bridgehead atoms. The van der Waals surface area contributed by atoms with Crippen molar-refractivity contribution in [1.82, 2.24) is 24.3 Å². The molecule has 3 heterocycles. The monoisotopic (exact) mass is 301 g/mol. The van der Waals surface area contributed by atoms with Crippen LogP contribution in [0.15, 0.2) is 30.2 Å². The number of rotatable bonds is 5. The van der Waals surface area contributed by atoms with Gasteiger partial charge in [-0.15, -0.1) is 11.3 Å². The van der Waals surface area contributed by atoms with Crippen molar-refractivity contribution in [2.75, 3.05) is 0 Å². The zero-order valence-electron chi connectivity index (χ0n) is 12.5. The molecular weight excluding hydrogens is 282 g/mol. The lowest BCUT2D eigenvalue weighted by Crippen LogP contribution is -2.02. The van der Waals surface area contributed by atoms with E-state index in [1.807, 2.05) is 30.3 Å². The van der Waals surface area contributed by atoms with Crippen LogP contribution in [0, 0.1) is 0 Å². The predicted molar refractivity (Wildman–Crippen MR) is 84.3 cm³/mol. The molecule has 0 unspecified atom stereocenters. The lowest BCUT2D eigenvalue weighted by Gasteiger charge is -2.05. The Morgan fingerprint density at radius 2 is 2.19 bits per heavy atom. The highest BCUT2D eigenvalue weighted by atomic mass is 32.1. The van der Waals surface area contributed by atoms with Crippen LogP contribution >= 0.6 is 11.3 Å². The highest BCUT2D eigenvalue weighted by molar-refractivity contribution is 7.13. The van der Waals surface area contributed by atoms with E-state index in [1.165, 1.54) is 5.56 Å². The van der Waals surface area contributed by atoms with Gasteiger partial charge in [-0.2, -0.15) is 5.10 Å². The summed E-state index contributed by atoms with van der Waals surface area (Å²) >= 11 is 1.66. The molecule has 0 aliphatic heterocycles. The number of hydrogen-bond acceptors (Lipinski definition) is 4. The average Bonchev–Trinajstić information content (AvgIpc) is 3.16. The molecule has 6 heteroatoms. The second-order valence-corrected chi connectivity index (χ2v) is 6.31. The van der Waals surface area contributed by atoms with Gasteiger partial charge in [-0.3, -0.25) is 4.68 Å². The maximum Gasteiger partial charge on any atom is 0.169 e. The quantitative estimate of drug-likeness (QED) is 0.727. The second kappa shape index (κ2) is 5.81. The molecule has 0 N–H and O–H groups in total. The summed E-state index contributed by atoms with van der Waals surface area (Å²) < 4.78 is 4.00. The summed E-state index contributed by atoms with van der Waals surface area (Å²) in [6, 6.07) is 0. The molecule has 3 rings (SSSR count). The van der Waals surface area contributed by atoms with Gasteiger partial charge < -0.3 is 4.57 Å². The predicted octanol–water partition coefficient (Wildman–Crippen LogP) is 3.11. The van der Waals surface area contributed by atoms with Crippen molar-refractivity contribution in [2.45, 2.75) is 32.7 Å². The molecule has 3 aromatic rings. The SMILES string of the molecule is CC(C)c1csc(-c2nccn2CCc2cnn(C)c2)n1. The largest absolute Gasteiger partial charge is 0.329 e. The molecule has 110 valence electrons. The number of thiazole rings is 1. The topological polar surface area (TPSA) is 48.5 Å². The molecular formula is C15H19N5S. The van der Waals surface area contributed by atoms with Crippen LogP contribution in [-0.2, 0) is 20.0 Å². The number of aromatic nitrogens is 5. The molecule has 3 aromatic heterocycles. The molecule has 0 aliphatic rings. The third-order valence-corrected chi connectivity index (χ3v) is 4.28. The van der Waals surface area contributed by atoms with Gasteiger partial charge in [0.1, 0.15) is 0 Å². The fourth-order valence-electron chi connectivity index (χ4n) is 2.19. The van der Waals surface area contributed by atoms with Crippen LogP contribution in [0.5, 0.6) is 0 Å². The zero-order chi connectivity index (χ0) is 14.8. The first-order valence-electron chi connectivity index (χ1n) is 7.08. The third kappa shape index (κ3) is 3.05. The van der Waals surface area contributed by atoms with Crippen molar-refractivity contribution in [3.63, 3.8) is 0 Å². The normalized spacial score (nSPS) is 11.4. The Kier molecular flexibility index (Phi) is 3.88. The Bertz CT molecular complexity index is 722. The lowest BCUT2D eigenvalue weighted by atomic mass is 10.2. The standard InChI is InChI=1S/C15H19N5S/c1-11(2)13-10-21-15(18-13)14-16-5-7-20(14)6-4-12-8-17-19(3)9-12/h5,7-11H,4,6H2,1-3H3. The van der Waals surface area contributed by atoms with Crippen LogP contribution in [0.1, 0.15) is 31.0 Å². The van der Waals surface area contributed by atoms with Gasteiger partial charge in [-0.05, 0) is 17.9 Å². The van der Waals surface area contributed by atoms with Crippen molar-refractivity contribution < 1.29 is 0 Å². The Labute approximate surface area is 128 Å². The molecule has 0 fully saturated rings. The number of aryl methyl sites for hydroxylation is 3. The van der Waals surface area contributed by atoms with Crippen LogP contribution in [0.4, 0.5) is 0 Å². The minimum absolute atomic E-state index is 0.453. The van der Waals surface area contributed by atoms with E-state index in [0.29, 0.717) is 5.92 Å². The first-order valence-corrected chi connectivity index (χ1v) is 7.96. The summed E-state index contributed by atoms with van der Waals surface area (Å²) in [5, 5.41) is 7.32. The summed E-state index contributed by atoms with van der Waals surface area (Å²) in [5.74, 6) is 1.41. The van der Waals surface area contributed by atoms with Crippen LogP contribution < -0.4 is 0 Å². The van der Waals surface area contributed by atoms with E-state index in [1.54, 1.807) is 11.3 Å². The smallest absolute Gasteiger partial charge is 0.169 e. The molecule has 21 heavy (non-hydrogen) atoms. The van der Waals surface area contributed by atoms with Crippen molar-refractivity contribution in [3.05, 3.63) is 41.4 Å². The minimum atomic E-state index is 0.453. The van der Waals surface area contributed by atoms with Crippen molar-refractivity contribution in [2.24, 2.45) is 7.05 Å². The summed E-state index contributed by atoms with van der Waals surface area (Å²) in [6.45, 7) is 5.21. The van der Waals surface area contributed by atoms with Gasteiger partial charge in [-0.25, -0.2) is 9.97 Å². The zero-order valence-corrected chi connectivity index (χ0v) is 13.3. The maximum atomic E-state index is 4.69. The highest BCUT2D eigenvalue weighted by Gasteiger charge is 2.12. The Morgan fingerprint density at radius 3 is 2.86 bits per heavy atom. The Morgan fingerprint density at radius 1 is 1.33 bits per heavy atom. The summed E-state index contributed by atoms with van der Waals surface area (Å²) in [4.78, 5) is 9.16. The van der Waals surface area contributed by atoms with E-state index in [4.69, 9.17) is 4.98 Å². The molecule has 0 atom stereocenters. The molecule has 0 saturated carbocycles. The number of nitrogens with zero attached hydrogens (tertiary/aromatic N) is 5. The van der Waals surface area contributed by atoms with E-state index in [-0.39, 0.29) is 0 Å². The first kappa shape index (κ1) is 14.0. The molecule has 0 spiro atoms. The van der Waals surface area contributed by atoms with Gasteiger partial charge >= 0.3 is 0 Å². The lowest BCUT2D eigenvalue weighted by molar-refractivity contribution is 0.700. The van der Waals surface area contributed by atoms with Gasteiger partial charge in [0.15, 0.2) is 10.8 Å². The fourth-order valence-corrected chi connectivity index (χ4v) is 3.18. The number of imidazole rings is 1. The molecule has 0 radical (unpaired) electrons. The summed E-state index contributed by atoms with van der Waals surface area (Å²) in [5.41, 5.74) is 2.37. The molecule has 0 aliphatic carbocycles. The van der Waals surface area contributed by atoms with Gasteiger partial charge in [0.05, 0.1) is 11.9 Å². The van der Waals surface area contributed by atoms with Crippen LogP contribution in [-0.4, -0.2) is 24.3 Å². The van der Waals surface area contributed by atoms with Gasteiger partial charge in [0.25, 0.3) is 0 Å². The van der Waals surface area contributed by atoms with Gasteiger partial charge in [0, 0.05) is 37.6 Å². The van der Waals surface area contributed by atoms with Crippen LogP contribution in [0.2, 0.25) is 0 Å². The average molecular weight is 301 g/mol. The van der Waals surface area contributed by atoms with E-state index < -0.39 is 0 Å². The molecule has 5 nitrogen and oxygen atoms in total. The third-order valence-electron chi connectivity index (χ3n) is 3.42. The van der Waals surface area contributed by atoms with E-state index in [9.17, 15) is 0 Å². The van der Waals surface area contributed by atoms with E-state index >= 15 is 0 Å². The molecule has 0 amide bonds. The number of hydrogen-bond donors (Lipinski definition) is 0. The Balaban J connectivity index is 1.76. The fraction of sp³-hybridized carbons (Fsp3) is 0.400. The second-order valence-electron chi connectivity index (χ2n) is 5.45. The van der Waals surface area contributed by atoms with Crippen molar-refractivity contribution in [1.29, 1.82) is 0 Å². The van der Waals surface area contributed by atoms with Crippen LogP contribution in [0.25, 0.3) is 10.8 Å². The first-order chi connectivity index (χ1) is 10.1.